The Morgan fingerprint density at radius 3 is 2.89 bits per heavy atom. The molecular formula is C12H16ClN5S. The second-order valence-electron chi connectivity index (χ2n) is 3.99. The first kappa shape index (κ1) is 14.3. The van der Waals surface area contributed by atoms with E-state index < -0.39 is 0 Å². The van der Waals surface area contributed by atoms with E-state index in [1.807, 2.05) is 12.1 Å². The minimum atomic E-state index is 0.406. The van der Waals surface area contributed by atoms with Gasteiger partial charge in [-0.2, -0.15) is 0 Å². The molecule has 0 fully saturated rings. The highest BCUT2D eigenvalue weighted by molar-refractivity contribution is 7.98. The maximum Gasteiger partial charge on any atom is 0.191 e. The average Bonchev–Trinajstić information content (AvgIpc) is 2.79. The van der Waals surface area contributed by atoms with E-state index in [-0.39, 0.29) is 0 Å². The summed E-state index contributed by atoms with van der Waals surface area (Å²) in [6.45, 7) is 3.40. The van der Waals surface area contributed by atoms with Crippen LogP contribution in [-0.4, -0.2) is 19.7 Å². The van der Waals surface area contributed by atoms with Gasteiger partial charge in [-0.1, -0.05) is 36.4 Å². The van der Waals surface area contributed by atoms with Crippen molar-refractivity contribution in [1.29, 1.82) is 0 Å². The largest absolute Gasteiger partial charge is 0.324 e. The molecule has 0 saturated heterocycles. The van der Waals surface area contributed by atoms with Crippen LogP contribution in [0.25, 0.3) is 0 Å². The minimum Gasteiger partial charge on any atom is -0.324 e. The first-order valence-corrected chi connectivity index (χ1v) is 7.47. The summed E-state index contributed by atoms with van der Waals surface area (Å²) in [5.74, 6) is 1.54. The summed E-state index contributed by atoms with van der Waals surface area (Å²) in [7, 11) is 0. The average molecular weight is 298 g/mol. The van der Waals surface area contributed by atoms with E-state index in [2.05, 4.69) is 26.7 Å². The third-order valence-electron chi connectivity index (χ3n) is 2.55. The number of nitrogens with two attached hydrogens (primary N) is 1. The van der Waals surface area contributed by atoms with Gasteiger partial charge < -0.3 is 10.3 Å². The molecule has 0 atom stereocenters. The minimum absolute atomic E-state index is 0.406. The Labute approximate surface area is 121 Å². The van der Waals surface area contributed by atoms with Crippen LogP contribution in [0.15, 0.2) is 23.4 Å². The fourth-order valence-corrected chi connectivity index (χ4v) is 2.76. The van der Waals surface area contributed by atoms with Gasteiger partial charge in [0.05, 0.1) is 12.2 Å². The Morgan fingerprint density at radius 2 is 2.21 bits per heavy atom. The Bertz CT molecular complexity index is 543. The van der Waals surface area contributed by atoms with E-state index in [1.165, 1.54) is 0 Å². The third-order valence-corrected chi connectivity index (χ3v) is 3.76. The van der Waals surface area contributed by atoms with Crippen LogP contribution in [0.5, 0.6) is 0 Å². The zero-order valence-electron chi connectivity index (χ0n) is 10.7. The number of nitrogens with zero attached hydrogens (tertiary/aromatic N) is 4. The predicted molar refractivity (Wildman–Crippen MR) is 77.0 cm³/mol. The highest BCUT2D eigenvalue weighted by Crippen LogP contribution is 2.22. The summed E-state index contributed by atoms with van der Waals surface area (Å²) in [6.07, 6.45) is 1.02. The van der Waals surface area contributed by atoms with Gasteiger partial charge in [-0.3, -0.25) is 0 Å². The van der Waals surface area contributed by atoms with Crippen molar-refractivity contribution in [3.05, 3.63) is 34.9 Å². The summed E-state index contributed by atoms with van der Waals surface area (Å²) in [5.41, 5.74) is 6.59. The quantitative estimate of drug-likeness (QED) is 0.655. The van der Waals surface area contributed by atoms with Gasteiger partial charge in [0.15, 0.2) is 5.16 Å². The molecule has 7 heteroatoms. The van der Waals surface area contributed by atoms with Crippen molar-refractivity contribution in [2.24, 2.45) is 5.73 Å². The fraction of sp³-hybridized carbons (Fsp3) is 0.417. The normalized spacial score (nSPS) is 10.9. The molecule has 0 spiro atoms. The van der Waals surface area contributed by atoms with E-state index in [4.69, 9.17) is 17.3 Å². The number of hydrogen-bond acceptors (Lipinski definition) is 5. The van der Waals surface area contributed by atoms with E-state index in [1.54, 1.807) is 17.8 Å². The summed E-state index contributed by atoms with van der Waals surface area (Å²) in [6, 6.07) is 5.61. The monoisotopic (exact) mass is 297 g/mol. The van der Waals surface area contributed by atoms with E-state index in [0.29, 0.717) is 17.5 Å². The van der Waals surface area contributed by atoms with Crippen molar-refractivity contribution in [2.45, 2.75) is 37.3 Å². The zero-order valence-corrected chi connectivity index (χ0v) is 12.3. The molecule has 5 nitrogen and oxygen atoms in total. The Hall–Kier alpha value is -1.11. The molecule has 0 bridgehead atoms. The van der Waals surface area contributed by atoms with Gasteiger partial charge in [-0.05, 0) is 18.6 Å². The summed E-state index contributed by atoms with van der Waals surface area (Å²) >= 11 is 7.46. The Morgan fingerprint density at radius 1 is 1.37 bits per heavy atom. The number of rotatable bonds is 6. The molecule has 2 rings (SSSR count). The Balaban J connectivity index is 2.08. The Kier molecular flexibility index (Phi) is 5.18. The van der Waals surface area contributed by atoms with Crippen molar-refractivity contribution >= 4 is 23.4 Å². The highest BCUT2D eigenvalue weighted by atomic mass is 35.5. The molecule has 0 aliphatic rings. The van der Waals surface area contributed by atoms with E-state index in [9.17, 15) is 0 Å². The molecular weight excluding hydrogens is 282 g/mol. The topological polar surface area (TPSA) is 69.6 Å². The van der Waals surface area contributed by atoms with Crippen LogP contribution in [0, 0.1) is 0 Å². The number of halogens is 1. The number of hydrogen-bond donors (Lipinski definition) is 1. The molecule has 19 heavy (non-hydrogen) atoms. The van der Waals surface area contributed by atoms with Crippen LogP contribution in [0.2, 0.25) is 5.15 Å². The van der Waals surface area contributed by atoms with Gasteiger partial charge >= 0.3 is 0 Å². The second-order valence-corrected chi connectivity index (χ2v) is 5.32. The molecule has 0 saturated carbocycles. The maximum atomic E-state index is 5.86. The molecule has 2 aromatic heterocycles. The highest BCUT2D eigenvalue weighted by Gasteiger charge is 2.11. The van der Waals surface area contributed by atoms with E-state index >= 15 is 0 Å². The standard InChI is InChI=1S/C12H16ClN5S/c1-2-6-18-11(7-14)16-17-12(18)19-8-9-4-3-5-10(13)15-9/h3-5H,2,6-8,14H2,1H3. The zero-order chi connectivity index (χ0) is 13.7. The summed E-state index contributed by atoms with van der Waals surface area (Å²) in [5, 5.41) is 9.67. The van der Waals surface area contributed by atoms with Crippen LogP contribution in [0.1, 0.15) is 24.9 Å². The molecule has 0 aliphatic heterocycles. The van der Waals surface area contributed by atoms with Gasteiger partial charge in [0.2, 0.25) is 0 Å². The van der Waals surface area contributed by atoms with Crippen molar-refractivity contribution in [3.8, 4) is 0 Å². The van der Waals surface area contributed by atoms with Gasteiger partial charge in [0.1, 0.15) is 11.0 Å². The van der Waals surface area contributed by atoms with Crippen LogP contribution in [0.3, 0.4) is 0 Å². The predicted octanol–water partition coefficient (Wildman–Crippen LogP) is 2.49. The van der Waals surface area contributed by atoms with Crippen molar-refractivity contribution in [3.63, 3.8) is 0 Å². The molecule has 2 heterocycles. The van der Waals surface area contributed by atoms with Crippen LogP contribution < -0.4 is 5.73 Å². The molecule has 0 unspecified atom stereocenters. The van der Waals surface area contributed by atoms with Crippen LogP contribution >= 0.6 is 23.4 Å². The molecule has 0 aromatic carbocycles. The second kappa shape index (κ2) is 6.88. The lowest BCUT2D eigenvalue weighted by Crippen LogP contribution is -2.09. The first-order chi connectivity index (χ1) is 9.24. The molecule has 0 amide bonds. The lowest BCUT2D eigenvalue weighted by molar-refractivity contribution is 0.592. The molecule has 2 aromatic rings. The summed E-state index contributed by atoms with van der Waals surface area (Å²) < 4.78 is 2.06. The molecule has 102 valence electrons. The van der Waals surface area contributed by atoms with Gasteiger partial charge in [0.25, 0.3) is 0 Å². The van der Waals surface area contributed by atoms with Gasteiger partial charge in [-0.15, -0.1) is 10.2 Å². The summed E-state index contributed by atoms with van der Waals surface area (Å²) in [4.78, 5) is 4.25. The van der Waals surface area contributed by atoms with Gasteiger partial charge in [0, 0.05) is 12.3 Å². The van der Waals surface area contributed by atoms with Crippen molar-refractivity contribution < 1.29 is 0 Å². The molecule has 0 aliphatic carbocycles. The third kappa shape index (κ3) is 3.68. The smallest absolute Gasteiger partial charge is 0.191 e. The number of aromatic nitrogens is 4. The van der Waals surface area contributed by atoms with Crippen LogP contribution in [-0.2, 0) is 18.8 Å². The molecule has 0 radical (unpaired) electrons. The fourth-order valence-electron chi connectivity index (χ4n) is 1.69. The first-order valence-electron chi connectivity index (χ1n) is 6.11. The van der Waals surface area contributed by atoms with Crippen molar-refractivity contribution in [2.75, 3.05) is 0 Å². The van der Waals surface area contributed by atoms with Gasteiger partial charge in [-0.25, -0.2) is 4.98 Å². The lowest BCUT2D eigenvalue weighted by Gasteiger charge is -2.07. The van der Waals surface area contributed by atoms with Crippen molar-refractivity contribution in [1.82, 2.24) is 19.7 Å². The van der Waals surface area contributed by atoms with E-state index in [0.717, 1.165) is 29.6 Å². The SMILES string of the molecule is CCCn1c(CN)nnc1SCc1cccc(Cl)n1. The number of pyridine rings is 1. The maximum absolute atomic E-state index is 5.86. The molecule has 2 N–H and O–H groups in total. The lowest BCUT2D eigenvalue weighted by atomic mass is 10.4. The number of thioether (sulfide) groups is 1. The van der Waals surface area contributed by atoms with Crippen LogP contribution in [0.4, 0.5) is 0 Å².